The Morgan fingerprint density at radius 1 is 0.927 bits per heavy atom. The molecule has 0 aliphatic carbocycles. The number of ether oxygens (including phenoxy) is 2. The number of carbonyl (C=O) groups is 3. The molecule has 3 aliphatic heterocycles. The highest BCUT2D eigenvalue weighted by molar-refractivity contribution is 7.22. The second-order valence-electron chi connectivity index (χ2n) is 16.2. The van der Waals surface area contributed by atoms with Gasteiger partial charge in [-0.1, -0.05) is 44.2 Å². The number of aromatic nitrogens is 2. The summed E-state index contributed by atoms with van der Waals surface area (Å²) in [5.41, 5.74) is 5.74. The predicted octanol–water partition coefficient (Wildman–Crippen LogP) is 9.18. The molecule has 2 N–H and O–H groups in total. The molecule has 8 rings (SSSR count). The van der Waals surface area contributed by atoms with E-state index < -0.39 is 17.7 Å². The molecule has 5 aromatic rings. The van der Waals surface area contributed by atoms with E-state index in [0.29, 0.717) is 19.5 Å². The first-order valence-corrected chi connectivity index (χ1v) is 20.1. The third-order valence-corrected chi connectivity index (χ3v) is 12.1. The largest absolute Gasteiger partial charge is 0.453 e. The zero-order chi connectivity index (χ0) is 38.6. The number of carbonyl (C=O) groups excluding carboxylic acids is 3. The number of nitrogens with one attached hydrogen (secondary N) is 2. The lowest BCUT2D eigenvalue weighted by molar-refractivity contribution is -0.134. The number of amides is 3. The van der Waals surface area contributed by atoms with Crippen LogP contribution >= 0.6 is 11.3 Å². The summed E-state index contributed by atoms with van der Waals surface area (Å²) in [6.45, 7) is 10.8. The van der Waals surface area contributed by atoms with Crippen molar-refractivity contribution in [3.63, 3.8) is 0 Å². The SMILES string of the molecule is COC(=O)N[C@H](C(=O)N1CCC[C@H]1C1=Nc2ccc3cc(-c4cc5ccc(-c6cnc([C@@H]7CCCN7C(=O)OC(C)(C)C)[nH]6)cc5s4)ccc3c2C1)C(C)C. The summed E-state index contributed by atoms with van der Waals surface area (Å²) in [5, 5.41) is 6.26. The fourth-order valence-corrected chi connectivity index (χ4v) is 9.33. The summed E-state index contributed by atoms with van der Waals surface area (Å²) in [5.74, 6) is 0.617. The summed E-state index contributed by atoms with van der Waals surface area (Å²) in [7, 11) is 1.31. The van der Waals surface area contributed by atoms with Gasteiger partial charge in [0, 0.05) is 40.4 Å². The first-order chi connectivity index (χ1) is 26.4. The molecule has 0 spiro atoms. The maximum absolute atomic E-state index is 13.7. The first kappa shape index (κ1) is 36.7. The van der Waals surface area contributed by atoms with Gasteiger partial charge in [-0.2, -0.15) is 0 Å². The number of benzene rings is 3. The number of imidazole rings is 1. The standard InChI is InChI=1S/C43H48N6O5S/c1-24(2)38(47-41(51)53-6)40(50)48-17-7-9-34(48)32-22-30-29-15-13-27(19-25(29)14-16-31(30)45-32)37-21-28-12-11-26(20-36(28)55-37)33-23-44-39(46-33)35-10-8-18-49(35)42(52)54-43(3,4)5/h11-16,19-21,23-24,34-35,38H,7-10,17-18,22H2,1-6H3,(H,44,46)(H,47,51)/t34-,35-,38-/m0/s1. The molecule has 2 aromatic heterocycles. The van der Waals surface area contributed by atoms with Crippen LogP contribution in [0.2, 0.25) is 0 Å². The number of hydrogen-bond donors (Lipinski definition) is 2. The zero-order valence-electron chi connectivity index (χ0n) is 32.3. The monoisotopic (exact) mass is 760 g/mol. The van der Waals surface area contributed by atoms with Crippen molar-refractivity contribution in [3.8, 4) is 21.7 Å². The Bertz CT molecular complexity index is 2340. The number of rotatable bonds is 7. The molecule has 12 heteroatoms. The highest BCUT2D eigenvalue weighted by atomic mass is 32.1. The lowest BCUT2D eigenvalue weighted by Gasteiger charge is -2.30. The maximum Gasteiger partial charge on any atom is 0.410 e. The van der Waals surface area contributed by atoms with Gasteiger partial charge in [-0.05, 0) is 104 Å². The molecule has 2 fully saturated rings. The summed E-state index contributed by atoms with van der Waals surface area (Å²) in [6, 6.07) is 18.8. The van der Waals surface area contributed by atoms with Crippen molar-refractivity contribution >= 4 is 61.7 Å². The summed E-state index contributed by atoms with van der Waals surface area (Å²) in [4.78, 5) is 56.8. The van der Waals surface area contributed by atoms with Crippen LogP contribution in [-0.2, 0) is 20.7 Å². The molecule has 2 saturated heterocycles. The number of methoxy groups -OCH3 is 1. The number of thiophene rings is 1. The van der Waals surface area contributed by atoms with Crippen molar-refractivity contribution in [3.05, 3.63) is 72.2 Å². The van der Waals surface area contributed by atoms with Gasteiger partial charge >= 0.3 is 12.2 Å². The van der Waals surface area contributed by atoms with E-state index in [0.717, 1.165) is 65.1 Å². The molecule has 3 aliphatic rings. The molecular formula is C43H48N6O5S. The second-order valence-corrected chi connectivity index (χ2v) is 17.3. The van der Waals surface area contributed by atoms with Crippen molar-refractivity contribution in [1.29, 1.82) is 0 Å². The third kappa shape index (κ3) is 7.19. The van der Waals surface area contributed by atoms with Crippen molar-refractivity contribution < 1.29 is 23.9 Å². The lowest BCUT2D eigenvalue weighted by Crippen LogP contribution is -2.53. The molecular weight excluding hydrogens is 713 g/mol. The van der Waals surface area contributed by atoms with Crippen LogP contribution in [0.3, 0.4) is 0 Å². The molecule has 0 radical (unpaired) electrons. The summed E-state index contributed by atoms with van der Waals surface area (Å²) < 4.78 is 11.7. The number of hydrogen-bond acceptors (Lipinski definition) is 8. The van der Waals surface area contributed by atoms with E-state index in [1.54, 1.807) is 16.2 Å². The third-order valence-electron chi connectivity index (χ3n) is 10.9. The Kier molecular flexibility index (Phi) is 9.65. The molecule has 5 heterocycles. The van der Waals surface area contributed by atoms with Gasteiger partial charge in [0.05, 0.1) is 36.8 Å². The Hall–Kier alpha value is -5.23. The first-order valence-electron chi connectivity index (χ1n) is 19.2. The van der Waals surface area contributed by atoms with Gasteiger partial charge in [0.15, 0.2) is 0 Å². The van der Waals surface area contributed by atoms with Crippen molar-refractivity contribution in [2.24, 2.45) is 10.9 Å². The van der Waals surface area contributed by atoms with Gasteiger partial charge in [0.1, 0.15) is 17.5 Å². The molecule has 0 unspecified atom stereocenters. The molecule has 3 atom stereocenters. The quantitative estimate of drug-likeness (QED) is 0.170. The van der Waals surface area contributed by atoms with E-state index in [2.05, 4.69) is 64.9 Å². The van der Waals surface area contributed by atoms with Crippen LogP contribution in [0.5, 0.6) is 0 Å². The second kappa shape index (κ2) is 14.4. The Balaban J connectivity index is 0.989. The molecule has 55 heavy (non-hydrogen) atoms. The van der Waals surface area contributed by atoms with Crippen LogP contribution in [0, 0.1) is 5.92 Å². The fraction of sp³-hybridized carbons (Fsp3) is 0.419. The smallest absolute Gasteiger partial charge is 0.410 e. The maximum atomic E-state index is 13.7. The average molecular weight is 761 g/mol. The number of fused-ring (bicyclic) bond motifs is 4. The minimum atomic E-state index is -0.657. The van der Waals surface area contributed by atoms with Gasteiger partial charge in [0.25, 0.3) is 0 Å². The molecule has 0 saturated carbocycles. The zero-order valence-corrected chi connectivity index (χ0v) is 33.1. The molecule has 286 valence electrons. The Morgan fingerprint density at radius 3 is 2.44 bits per heavy atom. The number of H-pyrrole nitrogens is 1. The highest BCUT2D eigenvalue weighted by Crippen LogP contribution is 2.41. The fourth-order valence-electron chi connectivity index (χ4n) is 8.23. The highest BCUT2D eigenvalue weighted by Gasteiger charge is 2.39. The summed E-state index contributed by atoms with van der Waals surface area (Å²) in [6.07, 6.45) is 5.16. The van der Waals surface area contributed by atoms with E-state index in [4.69, 9.17) is 19.5 Å². The van der Waals surface area contributed by atoms with E-state index >= 15 is 0 Å². The van der Waals surface area contributed by atoms with Gasteiger partial charge < -0.3 is 24.7 Å². The molecule has 3 amide bonds. The molecule has 0 bridgehead atoms. The topological polar surface area (TPSA) is 129 Å². The van der Waals surface area contributed by atoms with Crippen LogP contribution in [-0.4, -0.2) is 81.5 Å². The van der Waals surface area contributed by atoms with Gasteiger partial charge in [0.2, 0.25) is 5.91 Å². The van der Waals surface area contributed by atoms with E-state index in [1.807, 2.05) is 45.7 Å². The van der Waals surface area contributed by atoms with Crippen LogP contribution in [0.1, 0.15) is 77.7 Å². The molecule has 3 aromatic carbocycles. The predicted molar refractivity (Wildman–Crippen MR) is 217 cm³/mol. The van der Waals surface area contributed by atoms with Crippen molar-refractivity contribution in [2.75, 3.05) is 20.2 Å². The number of likely N-dealkylation sites (tertiary alicyclic amines) is 2. The summed E-state index contributed by atoms with van der Waals surface area (Å²) >= 11 is 1.77. The van der Waals surface area contributed by atoms with Crippen LogP contribution < -0.4 is 5.32 Å². The van der Waals surface area contributed by atoms with E-state index in [1.165, 1.54) is 33.0 Å². The van der Waals surface area contributed by atoms with Gasteiger partial charge in [-0.25, -0.2) is 14.6 Å². The van der Waals surface area contributed by atoms with Gasteiger partial charge in [-0.3, -0.25) is 14.7 Å². The minimum absolute atomic E-state index is 0.0806. The van der Waals surface area contributed by atoms with Crippen LogP contribution in [0.4, 0.5) is 15.3 Å². The number of nitrogens with zero attached hydrogens (tertiary/aromatic N) is 4. The van der Waals surface area contributed by atoms with Crippen LogP contribution in [0.15, 0.2) is 65.8 Å². The number of alkyl carbamates (subject to hydrolysis) is 1. The number of aliphatic imine (C=N–C) groups is 1. The van der Waals surface area contributed by atoms with E-state index in [9.17, 15) is 14.4 Å². The normalized spacial score (nSPS) is 18.9. The Morgan fingerprint density at radius 2 is 1.67 bits per heavy atom. The Labute approximate surface area is 325 Å². The van der Waals surface area contributed by atoms with Crippen molar-refractivity contribution in [2.45, 2.75) is 90.4 Å². The van der Waals surface area contributed by atoms with Gasteiger partial charge in [-0.15, -0.1) is 11.3 Å². The van der Waals surface area contributed by atoms with Crippen LogP contribution in [0.25, 0.3) is 42.6 Å². The molecule has 11 nitrogen and oxygen atoms in total. The van der Waals surface area contributed by atoms with E-state index in [-0.39, 0.29) is 30.0 Å². The average Bonchev–Trinajstić information content (AvgIpc) is 4.00. The lowest BCUT2D eigenvalue weighted by atomic mass is 9.96. The minimum Gasteiger partial charge on any atom is -0.453 e. The number of aromatic amines is 1. The van der Waals surface area contributed by atoms with Crippen molar-refractivity contribution in [1.82, 2.24) is 25.1 Å².